The number of methoxy groups -OCH3 is 2. The van der Waals surface area contributed by atoms with Crippen LogP contribution in [-0.4, -0.2) is 34.0 Å². The van der Waals surface area contributed by atoms with Crippen molar-refractivity contribution in [2.24, 2.45) is 0 Å². The van der Waals surface area contributed by atoms with Crippen molar-refractivity contribution < 1.29 is 9.47 Å². The average molecular weight is 457 g/mol. The lowest BCUT2D eigenvalue weighted by molar-refractivity contribution is 0.365. The van der Waals surface area contributed by atoms with Crippen LogP contribution in [0.3, 0.4) is 0 Å². The summed E-state index contributed by atoms with van der Waals surface area (Å²) < 4.78 is 12.7. The Morgan fingerprint density at radius 1 is 0.765 bits per heavy atom. The Balaban J connectivity index is 1.69. The van der Waals surface area contributed by atoms with Gasteiger partial charge in [-0.1, -0.05) is 39.0 Å². The van der Waals surface area contributed by atoms with Crippen LogP contribution in [-0.2, 0) is 10.8 Å². The molecule has 0 unspecified atom stereocenters. The second kappa shape index (κ2) is 8.93. The number of nitrogens with zero attached hydrogens (tertiary/aromatic N) is 4. The lowest BCUT2D eigenvalue weighted by Gasteiger charge is -2.23. The predicted molar refractivity (Wildman–Crippen MR) is 135 cm³/mol. The van der Waals surface area contributed by atoms with Crippen LogP contribution >= 0.6 is 0 Å². The fraction of sp³-hybridized carbons (Fsp3) is 0.321. The highest BCUT2D eigenvalue weighted by Crippen LogP contribution is 2.34. The summed E-state index contributed by atoms with van der Waals surface area (Å²) in [4.78, 5) is 9.37. The van der Waals surface area contributed by atoms with Gasteiger partial charge in [-0.15, -0.1) is 0 Å². The molecule has 6 nitrogen and oxygen atoms in total. The van der Waals surface area contributed by atoms with Crippen LogP contribution in [0.15, 0.2) is 66.9 Å². The molecular formula is C28H32N4O2. The average Bonchev–Trinajstić information content (AvgIpc) is 3.34. The van der Waals surface area contributed by atoms with Gasteiger partial charge in [-0.2, -0.15) is 10.1 Å². The van der Waals surface area contributed by atoms with Crippen LogP contribution in [0.2, 0.25) is 0 Å². The summed E-state index contributed by atoms with van der Waals surface area (Å²) in [5.41, 5.74) is 5.45. The van der Waals surface area contributed by atoms with Crippen molar-refractivity contribution in [3.8, 4) is 28.7 Å². The minimum absolute atomic E-state index is 0.0764. The summed E-state index contributed by atoms with van der Waals surface area (Å²) in [5.74, 6) is 0.975. The lowest BCUT2D eigenvalue weighted by atomic mass is 9.85. The molecule has 1 aromatic carbocycles. The van der Waals surface area contributed by atoms with Crippen molar-refractivity contribution in [2.75, 3.05) is 14.2 Å². The van der Waals surface area contributed by atoms with Gasteiger partial charge in [0.25, 0.3) is 0 Å². The van der Waals surface area contributed by atoms with Crippen LogP contribution in [0.4, 0.5) is 0 Å². The Labute approximate surface area is 201 Å². The quantitative estimate of drug-likeness (QED) is 0.358. The van der Waals surface area contributed by atoms with E-state index in [1.54, 1.807) is 14.2 Å². The molecule has 0 atom stereocenters. The predicted octanol–water partition coefficient (Wildman–Crippen LogP) is 5.97. The molecule has 4 aromatic rings. The van der Waals surface area contributed by atoms with Crippen molar-refractivity contribution in [3.63, 3.8) is 0 Å². The van der Waals surface area contributed by atoms with Crippen LogP contribution in [0, 0.1) is 0 Å². The first-order chi connectivity index (χ1) is 16.1. The van der Waals surface area contributed by atoms with E-state index in [2.05, 4.69) is 69.9 Å². The van der Waals surface area contributed by atoms with Crippen molar-refractivity contribution in [1.82, 2.24) is 19.7 Å². The van der Waals surface area contributed by atoms with Crippen molar-refractivity contribution in [2.45, 2.75) is 45.4 Å². The standard InChI is InChI=1S/C28H32N4O2/c1-27(2,3)19-10-8-11-20(18-19)32-17-16-24(31-32)28(4,5)23-13-9-12-22(29-23)21-14-15-25(33-6)30-26(21)34-7/h8-18H,1-7H3. The third kappa shape index (κ3) is 4.53. The molecule has 3 aromatic heterocycles. The highest BCUT2D eigenvalue weighted by molar-refractivity contribution is 5.66. The number of hydrogen-bond donors (Lipinski definition) is 0. The van der Waals surface area contributed by atoms with Gasteiger partial charge in [-0.25, -0.2) is 4.68 Å². The molecule has 0 bridgehead atoms. The minimum atomic E-state index is -0.407. The van der Waals surface area contributed by atoms with Gasteiger partial charge in [0, 0.05) is 12.3 Å². The van der Waals surface area contributed by atoms with Gasteiger partial charge in [0.2, 0.25) is 11.8 Å². The van der Waals surface area contributed by atoms with E-state index in [9.17, 15) is 0 Å². The molecule has 176 valence electrons. The summed E-state index contributed by atoms with van der Waals surface area (Å²) in [5, 5.41) is 4.93. The first kappa shape index (κ1) is 23.5. The van der Waals surface area contributed by atoms with E-state index in [4.69, 9.17) is 19.6 Å². The van der Waals surface area contributed by atoms with E-state index in [0.717, 1.165) is 28.3 Å². The number of rotatable bonds is 6. The molecule has 4 rings (SSSR count). The highest BCUT2D eigenvalue weighted by atomic mass is 16.5. The molecule has 0 aliphatic rings. The molecule has 0 radical (unpaired) electrons. The third-order valence-electron chi connectivity index (χ3n) is 6.11. The van der Waals surface area contributed by atoms with Crippen LogP contribution in [0.25, 0.3) is 16.9 Å². The molecule has 6 heteroatoms. The molecule has 0 saturated heterocycles. The molecule has 0 aliphatic carbocycles. The fourth-order valence-corrected chi connectivity index (χ4v) is 3.87. The van der Waals surface area contributed by atoms with E-state index < -0.39 is 5.41 Å². The summed E-state index contributed by atoms with van der Waals surface area (Å²) in [6.07, 6.45) is 2.01. The lowest BCUT2D eigenvalue weighted by Crippen LogP contribution is -2.22. The van der Waals surface area contributed by atoms with E-state index in [1.165, 1.54) is 5.56 Å². The molecule has 0 N–H and O–H groups in total. The number of ether oxygens (including phenoxy) is 2. The second-order valence-electron chi connectivity index (χ2n) is 9.89. The molecule has 0 fully saturated rings. The van der Waals surface area contributed by atoms with Crippen LogP contribution < -0.4 is 9.47 Å². The Morgan fingerprint density at radius 3 is 2.24 bits per heavy atom. The summed E-state index contributed by atoms with van der Waals surface area (Å²) in [7, 11) is 3.18. The molecule has 0 spiro atoms. The maximum absolute atomic E-state index is 5.49. The summed E-state index contributed by atoms with van der Waals surface area (Å²) >= 11 is 0. The Bertz CT molecular complexity index is 1300. The Morgan fingerprint density at radius 2 is 1.53 bits per heavy atom. The number of hydrogen-bond acceptors (Lipinski definition) is 5. The maximum Gasteiger partial charge on any atom is 0.225 e. The van der Waals surface area contributed by atoms with Gasteiger partial charge < -0.3 is 9.47 Å². The van der Waals surface area contributed by atoms with Crippen LogP contribution in [0.5, 0.6) is 11.8 Å². The van der Waals surface area contributed by atoms with Gasteiger partial charge in [-0.05, 0) is 61.2 Å². The van der Waals surface area contributed by atoms with Crippen LogP contribution in [0.1, 0.15) is 51.6 Å². The first-order valence-electron chi connectivity index (χ1n) is 11.4. The summed E-state index contributed by atoms with van der Waals surface area (Å²) in [6.45, 7) is 10.9. The SMILES string of the molecule is COc1ccc(-c2cccc(C(C)(C)c3ccn(-c4cccc(C(C)(C)C)c4)n3)n2)c(OC)n1. The van der Waals surface area contributed by atoms with Gasteiger partial charge in [0.1, 0.15) is 0 Å². The number of aromatic nitrogens is 4. The molecule has 3 heterocycles. The van der Waals surface area contributed by atoms with Crippen molar-refractivity contribution >= 4 is 0 Å². The fourth-order valence-electron chi connectivity index (χ4n) is 3.87. The normalized spacial score (nSPS) is 12.0. The molecule has 0 aliphatic heterocycles. The smallest absolute Gasteiger partial charge is 0.225 e. The molecule has 34 heavy (non-hydrogen) atoms. The second-order valence-corrected chi connectivity index (χ2v) is 9.89. The Kier molecular flexibility index (Phi) is 6.17. The van der Waals surface area contributed by atoms with Gasteiger partial charge >= 0.3 is 0 Å². The zero-order valence-electron chi connectivity index (χ0n) is 21.0. The highest BCUT2D eigenvalue weighted by Gasteiger charge is 2.28. The topological polar surface area (TPSA) is 62.1 Å². The van der Waals surface area contributed by atoms with E-state index in [0.29, 0.717) is 11.8 Å². The van der Waals surface area contributed by atoms with Gasteiger partial charge in [-0.3, -0.25) is 4.98 Å². The van der Waals surface area contributed by atoms with E-state index in [1.807, 2.05) is 41.2 Å². The largest absolute Gasteiger partial charge is 0.481 e. The van der Waals surface area contributed by atoms with Gasteiger partial charge in [0.05, 0.1) is 48.0 Å². The van der Waals surface area contributed by atoms with Crippen molar-refractivity contribution in [3.05, 3.63) is 83.8 Å². The van der Waals surface area contributed by atoms with E-state index in [-0.39, 0.29) is 5.41 Å². The van der Waals surface area contributed by atoms with Gasteiger partial charge in [0.15, 0.2) is 0 Å². The molecule has 0 saturated carbocycles. The van der Waals surface area contributed by atoms with E-state index >= 15 is 0 Å². The number of pyridine rings is 2. The molecular weight excluding hydrogens is 424 g/mol. The zero-order valence-corrected chi connectivity index (χ0v) is 21.0. The summed E-state index contributed by atoms with van der Waals surface area (Å²) in [6, 6.07) is 20.3. The minimum Gasteiger partial charge on any atom is -0.481 e. The van der Waals surface area contributed by atoms with Crippen molar-refractivity contribution in [1.29, 1.82) is 0 Å². The number of benzene rings is 1. The zero-order chi connectivity index (χ0) is 24.5. The maximum atomic E-state index is 5.49. The third-order valence-corrected chi connectivity index (χ3v) is 6.11. The monoisotopic (exact) mass is 456 g/mol. The Hall–Kier alpha value is -3.67. The first-order valence-corrected chi connectivity index (χ1v) is 11.4. The molecule has 0 amide bonds.